The molecule has 1 aliphatic carbocycles. The number of esters is 1. The Bertz CT molecular complexity index is 550. The number of benzene rings is 1. The highest BCUT2D eigenvalue weighted by atomic mass is 16.5. The molecule has 1 aromatic carbocycles. The van der Waals surface area contributed by atoms with Crippen LogP contribution >= 0.6 is 0 Å². The standard InChI is InChI=1S/C20H26O3/c1-2-23-20(22)18(15-16-9-5-3-6-10-16)13-14-19(21)17-11-7-4-8-12-17/h3,5-6,9-10,14,17,19,21H,2,4,7-8,11-12,15H2,1H3. The average Bonchev–Trinajstić information content (AvgIpc) is 2.60. The fraction of sp³-hybridized carbons (Fsp3) is 0.500. The van der Waals surface area contributed by atoms with Crippen LogP contribution in [0.15, 0.2) is 47.7 Å². The van der Waals surface area contributed by atoms with Crippen LogP contribution in [-0.2, 0) is 16.0 Å². The molecule has 1 atom stereocenters. The molecular formula is C20H26O3. The van der Waals surface area contributed by atoms with Gasteiger partial charge in [0.25, 0.3) is 0 Å². The van der Waals surface area contributed by atoms with Crippen molar-refractivity contribution < 1.29 is 14.6 Å². The molecule has 3 nitrogen and oxygen atoms in total. The number of aliphatic hydroxyl groups is 1. The van der Waals surface area contributed by atoms with Crippen LogP contribution in [0, 0.1) is 5.92 Å². The Kier molecular flexibility index (Phi) is 7.12. The van der Waals surface area contributed by atoms with Crippen LogP contribution in [-0.4, -0.2) is 23.8 Å². The number of carbonyl (C=O) groups is 1. The third kappa shape index (κ3) is 5.70. The molecule has 0 saturated heterocycles. The molecule has 124 valence electrons. The van der Waals surface area contributed by atoms with Crippen LogP contribution < -0.4 is 0 Å². The molecule has 1 saturated carbocycles. The second kappa shape index (κ2) is 9.34. The van der Waals surface area contributed by atoms with Gasteiger partial charge in [-0.1, -0.05) is 49.6 Å². The molecule has 0 amide bonds. The van der Waals surface area contributed by atoms with Crippen LogP contribution in [0.3, 0.4) is 0 Å². The van der Waals surface area contributed by atoms with Crippen LogP contribution in [0.2, 0.25) is 0 Å². The van der Waals surface area contributed by atoms with Gasteiger partial charge >= 0.3 is 5.97 Å². The average molecular weight is 314 g/mol. The minimum atomic E-state index is -0.532. The van der Waals surface area contributed by atoms with Crippen molar-refractivity contribution in [2.75, 3.05) is 6.61 Å². The van der Waals surface area contributed by atoms with Crippen LogP contribution in [0.1, 0.15) is 44.6 Å². The first kappa shape index (κ1) is 17.5. The number of hydrogen-bond acceptors (Lipinski definition) is 3. The lowest BCUT2D eigenvalue weighted by Crippen LogP contribution is -2.20. The van der Waals surface area contributed by atoms with E-state index >= 15 is 0 Å². The first-order chi connectivity index (χ1) is 11.2. The van der Waals surface area contributed by atoms with E-state index in [1.54, 1.807) is 13.0 Å². The van der Waals surface area contributed by atoms with Gasteiger partial charge in [0.1, 0.15) is 0 Å². The Balaban J connectivity index is 2.14. The summed E-state index contributed by atoms with van der Waals surface area (Å²) in [5, 5.41) is 10.3. The summed E-state index contributed by atoms with van der Waals surface area (Å²) in [4.78, 5) is 12.1. The lowest BCUT2D eigenvalue weighted by atomic mass is 9.85. The molecule has 0 heterocycles. The first-order valence-electron chi connectivity index (χ1n) is 8.55. The summed E-state index contributed by atoms with van der Waals surface area (Å²) in [5.74, 6) is -0.0696. The molecule has 0 spiro atoms. The maximum Gasteiger partial charge on any atom is 0.342 e. The predicted molar refractivity (Wildman–Crippen MR) is 91.0 cm³/mol. The van der Waals surface area contributed by atoms with Crippen molar-refractivity contribution >= 4 is 5.97 Å². The quantitative estimate of drug-likeness (QED) is 0.493. The van der Waals surface area contributed by atoms with E-state index in [9.17, 15) is 9.90 Å². The second-order valence-electron chi connectivity index (χ2n) is 6.06. The zero-order valence-corrected chi connectivity index (χ0v) is 13.8. The van der Waals surface area contributed by atoms with Crippen LogP contribution in [0.25, 0.3) is 0 Å². The predicted octanol–water partition coefficient (Wildman–Crippen LogP) is 3.81. The number of rotatable bonds is 6. The largest absolute Gasteiger partial charge is 0.462 e. The highest BCUT2D eigenvalue weighted by Gasteiger charge is 2.20. The summed E-state index contributed by atoms with van der Waals surface area (Å²) in [6.45, 7) is 2.13. The van der Waals surface area contributed by atoms with Gasteiger partial charge in [0.2, 0.25) is 0 Å². The van der Waals surface area contributed by atoms with Gasteiger partial charge in [-0.2, -0.15) is 0 Å². The van der Waals surface area contributed by atoms with Gasteiger partial charge in [-0.15, -0.1) is 5.73 Å². The summed E-state index contributed by atoms with van der Waals surface area (Å²) in [5.41, 5.74) is 4.51. The number of hydrogen-bond donors (Lipinski definition) is 1. The molecule has 1 aromatic rings. The van der Waals surface area contributed by atoms with Gasteiger partial charge in [-0.25, -0.2) is 4.79 Å². The summed E-state index contributed by atoms with van der Waals surface area (Å²) in [6.07, 6.45) is 7.28. The molecule has 1 aliphatic rings. The fourth-order valence-corrected chi connectivity index (χ4v) is 3.00. The zero-order chi connectivity index (χ0) is 16.5. The van der Waals surface area contributed by atoms with E-state index in [0.29, 0.717) is 18.6 Å². The second-order valence-corrected chi connectivity index (χ2v) is 6.06. The molecule has 1 unspecified atom stereocenters. The van der Waals surface area contributed by atoms with E-state index in [-0.39, 0.29) is 11.9 Å². The monoisotopic (exact) mass is 314 g/mol. The van der Waals surface area contributed by atoms with E-state index in [4.69, 9.17) is 4.74 Å². The highest BCUT2D eigenvalue weighted by Crippen LogP contribution is 2.26. The van der Waals surface area contributed by atoms with Gasteiger partial charge in [-0.05, 0) is 37.3 Å². The maximum atomic E-state index is 12.1. The van der Waals surface area contributed by atoms with Crippen molar-refractivity contribution in [3.05, 3.63) is 53.3 Å². The first-order valence-corrected chi connectivity index (χ1v) is 8.55. The molecule has 0 aromatic heterocycles. The molecule has 0 bridgehead atoms. The summed E-state index contributed by atoms with van der Waals surface area (Å²) in [7, 11) is 0. The Labute approximate surface area is 138 Å². The summed E-state index contributed by atoms with van der Waals surface area (Å²) in [6, 6.07) is 9.77. The lowest BCUT2D eigenvalue weighted by Gasteiger charge is -2.24. The van der Waals surface area contributed by atoms with Crippen molar-refractivity contribution in [2.45, 2.75) is 51.6 Å². The number of carbonyl (C=O) groups excluding carboxylic acids is 1. The van der Waals surface area contributed by atoms with Crippen molar-refractivity contribution in [3.8, 4) is 0 Å². The van der Waals surface area contributed by atoms with Crippen LogP contribution in [0.5, 0.6) is 0 Å². The molecule has 0 radical (unpaired) electrons. The van der Waals surface area contributed by atoms with Crippen molar-refractivity contribution in [2.24, 2.45) is 5.92 Å². The Morgan fingerprint density at radius 1 is 1.30 bits per heavy atom. The topological polar surface area (TPSA) is 46.5 Å². The van der Waals surface area contributed by atoms with Crippen molar-refractivity contribution in [1.29, 1.82) is 0 Å². The normalized spacial score (nSPS) is 16.3. The van der Waals surface area contributed by atoms with E-state index in [0.717, 1.165) is 18.4 Å². The molecule has 3 heteroatoms. The zero-order valence-electron chi connectivity index (χ0n) is 13.8. The van der Waals surface area contributed by atoms with E-state index < -0.39 is 6.10 Å². The van der Waals surface area contributed by atoms with E-state index in [1.165, 1.54) is 19.3 Å². The van der Waals surface area contributed by atoms with Gasteiger partial charge in [0.15, 0.2) is 0 Å². The Hall–Kier alpha value is -1.83. The highest BCUT2D eigenvalue weighted by molar-refractivity contribution is 5.88. The molecule has 23 heavy (non-hydrogen) atoms. The molecule has 0 aliphatic heterocycles. The Morgan fingerprint density at radius 3 is 2.65 bits per heavy atom. The molecule has 2 rings (SSSR count). The minimum absolute atomic E-state index is 0.288. The van der Waals surface area contributed by atoms with Crippen molar-refractivity contribution in [1.82, 2.24) is 0 Å². The van der Waals surface area contributed by atoms with Gasteiger partial charge in [0.05, 0.1) is 18.3 Å². The molecule has 1 N–H and O–H groups in total. The third-order valence-electron chi connectivity index (χ3n) is 4.31. The number of ether oxygens (including phenoxy) is 1. The summed E-state index contributed by atoms with van der Waals surface area (Å²) >= 11 is 0. The van der Waals surface area contributed by atoms with Gasteiger partial charge < -0.3 is 9.84 Å². The lowest BCUT2D eigenvalue weighted by molar-refractivity contribution is -0.138. The van der Waals surface area contributed by atoms with Gasteiger partial charge in [0, 0.05) is 6.42 Å². The maximum absolute atomic E-state index is 12.1. The number of aliphatic hydroxyl groups excluding tert-OH is 1. The fourth-order valence-electron chi connectivity index (χ4n) is 3.00. The smallest absolute Gasteiger partial charge is 0.342 e. The van der Waals surface area contributed by atoms with Crippen molar-refractivity contribution in [3.63, 3.8) is 0 Å². The minimum Gasteiger partial charge on any atom is -0.462 e. The molecule has 1 fully saturated rings. The van der Waals surface area contributed by atoms with Gasteiger partial charge in [-0.3, -0.25) is 0 Å². The Morgan fingerprint density at radius 2 is 2.00 bits per heavy atom. The SMILES string of the molecule is CCOC(=O)C(=C=CC(O)C1CCCCC1)Cc1ccccc1. The van der Waals surface area contributed by atoms with Crippen LogP contribution in [0.4, 0.5) is 0 Å². The van der Waals surface area contributed by atoms with E-state index in [1.807, 2.05) is 30.3 Å². The summed E-state index contributed by atoms with van der Waals surface area (Å²) < 4.78 is 5.11. The third-order valence-corrected chi connectivity index (χ3v) is 4.31. The van der Waals surface area contributed by atoms with E-state index in [2.05, 4.69) is 5.73 Å². The molecular weight excluding hydrogens is 288 g/mol.